The molecule has 0 saturated carbocycles. The van der Waals surface area contributed by atoms with E-state index in [0.29, 0.717) is 6.42 Å². The number of thioether (sulfide) groups is 1. The van der Waals surface area contributed by atoms with Gasteiger partial charge in [0.05, 0.1) is 11.7 Å². The van der Waals surface area contributed by atoms with Gasteiger partial charge in [-0.25, -0.2) is 4.79 Å². The van der Waals surface area contributed by atoms with Gasteiger partial charge in [-0.3, -0.25) is 14.5 Å². The van der Waals surface area contributed by atoms with Crippen molar-refractivity contribution >= 4 is 46.1 Å². The molecule has 1 rings (SSSR count). The number of carboxylic acids is 2. The summed E-state index contributed by atoms with van der Waals surface area (Å²) in [5.41, 5.74) is 0. The summed E-state index contributed by atoms with van der Waals surface area (Å²) in [6.07, 6.45) is -0.127. The fourth-order valence-electron chi connectivity index (χ4n) is 1.47. The maximum absolute atomic E-state index is 11.8. The number of carboxylic acid groups (broad SMARTS) is 2. The number of aliphatic carboxylic acids is 2. The third-order valence-electron chi connectivity index (χ3n) is 2.29. The molecule has 0 spiro atoms. The molecule has 1 fully saturated rings. The van der Waals surface area contributed by atoms with Gasteiger partial charge in [0.1, 0.15) is 10.4 Å². The summed E-state index contributed by atoms with van der Waals surface area (Å²) < 4.78 is 0.135. The number of rotatable bonds is 5. The topological polar surface area (TPSA) is 94.9 Å². The van der Waals surface area contributed by atoms with Crippen LogP contribution in [0.1, 0.15) is 19.8 Å². The first-order valence-electron chi connectivity index (χ1n) is 4.86. The predicted molar refractivity (Wildman–Crippen MR) is 64.8 cm³/mol. The molecule has 1 heterocycles. The molecular weight excluding hydrogens is 266 g/mol. The van der Waals surface area contributed by atoms with Crippen LogP contribution < -0.4 is 0 Å². The minimum atomic E-state index is -1.42. The highest BCUT2D eigenvalue weighted by atomic mass is 32.2. The fourth-order valence-corrected chi connectivity index (χ4v) is 2.99. The van der Waals surface area contributed by atoms with E-state index in [9.17, 15) is 14.4 Å². The van der Waals surface area contributed by atoms with E-state index in [0.717, 1.165) is 16.7 Å². The van der Waals surface area contributed by atoms with Gasteiger partial charge in [-0.2, -0.15) is 0 Å². The molecule has 2 atom stereocenters. The summed E-state index contributed by atoms with van der Waals surface area (Å²) in [5, 5.41) is 17.2. The average Bonchev–Trinajstić information content (AvgIpc) is 2.50. The molecule has 2 unspecified atom stereocenters. The van der Waals surface area contributed by atoms with Crippen LogP contribution in [0.25, 0.3) is 0 Å². The van der Waals surface area contributed by atoms with Crippen LogP contribution in [0.15, 0.2) is 0 Å². The zero-order valence-corrected chi connectivity index (χ0v) is 10.6. The molecule has 94 valence electrons. The molecule has 0 aliphatic carbocycles. The molecule has 1 saturated heterocycles. The molecule has 0 aromatic heterocycles. The largest absolute Gasteiger partial charge is 0.481 e. The lowest BCUT2D eigenvalue weighted by Gasteiger charge is -2.22. The Labute approximate surface area is 107 Å². The summed E-state index contributed by atoms with van der Waals surface area (Å²) in [4.78, 5) is 34.3. The number of nitrogens with zero attached hydrogens (tertiary/aromatic N) is 1. The third kappa shape index (κ3) is 2.95. The number of thiocarbonyl (C=S) groups is 1. The van der Waals surface area contributed by atoms with Gasteiger partial charge in [0, 0.05) is 0 Å². The van der Waals surface area contributed by atoms with Crippen molar-refractivity contribution in [1.29, 1.82) is 0 Å². The zero-order valence-electron chi connectivity index (χ0n) is 8.95. The molecule has 0 radical (unpaired) electrons. The van der Waals surface area contributed by atoms with Crippen molar-refractivity contribution in [2.24, 2.45) is 0 Å². The Balaban J connectivity index is 2.95. The second kappa shape index (κ2) is 5.46. The van der Waals surface area contributed by atoms with Crippen LogP contribution in [-0.4, -0.2) is 48.6 Å². The van der Waals surface area contributed by atoms with Crippen molar-refractivity contribution in [3.05, 3.63) is 0 Å². The van der Waals surface area contributed by atoms with Crippen molar-refractivity contribution in [3.8, 4) is 0 Å². The highest BCUT2D eigenvalue weighted by molar-refractivity contribution is 8.24. The fraction of sp³-hybridized carbons (Fsp3) is 0.556. The quantitative estimate of drug-likeness (QED) is 0.709. The predicted octanol–water partition coefficient (Wildman–Crippen LogP) is 0.553. The first-order valence-corrected chi connectivity index (χ1v) is 6.15. The molecular formula is C9H11NO5S2. The molecule has 0 bridgehead atoms. The lowest BCUT2D eigenvalue weighted by Crippen LogP contribution is -2.46. The lowest BCUT2D eigenvalue weighted by atomic mass is 10.1. The summed E-state index contributed by atoms with van der Waals surface area (Å²) in [6, 6.07) is -1.42. The van der Waals surface area contributed by atoms with Gasteiger partial charge >= 0.3 is 11.9 Å². The number of carbonyl (C=O) groups is 3. The van der Waals surface area contributed by atoms with Gasteiger partial charge in [-0.05, 0) is 6.42 Å². The van der Waals surface area contributed by atoms with Gasteiger partial charge in [0.25, 0.3) is 0 Å². The number of carbonyl (C=O) groups excluding carboxylic acids is 1. The Bertz CT molecular complexity index is 384. The van der Waals surface area contributed by atoms with Crippen molar-refractivity contribution in [2.75, 3.05) is 0 Å². The summed E-state index contributed by atoms with van der Waals surface area (Å²) in [7, 11) is 0. The van der Waals surface area contributed by atoms with E-state index in [-0.39, 0.29) is 4.32 Å². The number of hydrogen-bond acceptors (Lipinski definition) is 5. The zero-order chi connectivity index (χ0) is 13.2. The van der Waals surface area contributed by atoms with E-state index in [4.69, 9.17) is 22.4 Å². The molecule has 0 aromatic carbocycles. The van der Waals surface area contributed by atoms with Gasteiger partial charge in [-0.15, -0.1) is 0 Å². The van der Waals surface area contributed by atoms with Crippen LogP contribution in [0.4, 0.5) is 0 Å². The summed E-state index contributed by atoms with van der Waals surface area (Å²) in [5.74, 6) is -3.06. The Morgan fingerprint density at radius 3 is 2.47 bits per heavy atom. The molecule has 1 aliphatic heterocycles. The number of hydrogen-bond donors (Lipinski definition) is 2. The summed E-state index contributed by atoms with van der Waals surface area (Å²) in [6.45, 7) is 1.79. The van der Waals surface area contributed by atoms with Crippen LogP contribution in [0, 0.1) is 0 Å². The number of amides is 1. The normalized spacial score (nSPS) is 21.7. The lowest BCUT2D eigenvalue weighted by molar-refractivity contribution is -0.151. The maximum atomic E-state index is 11.8. The second-order valence-electron chi connectivity index (χ2n) is 3.44. The summed E-state index contributed by atoms with van der Waals surface area (Å²) >= 11 is 6.03. The van der Waals surface area contributed by atoms with Gasteiger partial charge in [0.15, 0.2) is 0 Å². The Kier molecular flexibility index (Phi) is 4.47. The first-order chi connectivity index (χ1) is 7.88. The second-order valence-corrected chi connectivity index (χ2v) is 5.28. The smallest absolute Gasteiger partial charge is 0.327 e. The van der Waals surface area contributed by atoms with E-state index in [2.05, 4.69) is 0 Å². The first kappa shape index (κ1) is 13.9. The van der Waals surface area contributed by atoms with Crippen LogP contribution in [0.5, 0.6) is 0 Å². The Morgan fingerprint density at radius 2 is 2.12 bits per heavy atom. The van der Waals surface area contributed by atoms with Crippen molar-refractivity contribution in [2.45, 2.75) is 31.1 Å². The van der Waals surface area contributed by atoms with E-state index in [1.807, 2.05) is 0 Å². The van der Waals surface area contributed by atoms with Crippen LogP contribution in [-0.2, 0) is 14.4 Å². The monoisotopic (exact) mass is 277 g/mol. The SMILES string of the molecule is CCC1SC(=S)N(C(CC(=O)O)C(=O)O)C1=O. The van der Waals surface area contributed by atoms with E-state index in [1.54, 1.807) is 6.92 Å². The van der Waals surface area contributed by atoms with E-state index in [1.165, 1.54) is 0 Å². The van der Waals surface area contributed by atoms with E-state index >= 15 is 0 Å². The van der Waals surface area contributed by atoms with Crippen molar-refractivity contribution in [3.63, 3.8) is 0 Å². The molecule has 8 heteroatoms. The Morgan fingerprint density at radius 1 is 1.53 bits per heavy atom. The van der Waals surface area contributed by atoms with Crippen molar-refractivity contribution in [1.82, 2.24) is 4.90 Å². The van der Waals surface area contributed by atoms with Crippen molar-refractivity contribution < 1.29 is 24.6 Å². The highest BCUT2D eigenvalue weighted by Gasteiger charge is 2.43. The van der Waals surface area contributed by atoms with E-state index < -0.39 is 35.6 Å². The maximum Gasteiger partial charge on any atom is 0.327 e. The molecule has 0 aromatic rings. The van der Waals surface area contributed by atoms with Crippen LogP contribution >= 0.6 is 24.0 Å². The third-order valence-corrected chi connectivity index (χ3v) is 3.99. The standard InChI is InChI=1S/C9H11NO5S2/c1-2-5-7(13)10(9(16)17-5)4(8(14)15)3-6(11)12/h4-5H,2-3H2,1H3,(H,11,12)(H,14,15). The average molecular weight is 277 g/mol. The Hall–Kier alpha value is -1.15. The minimum absolute atomic E-state index is 0.135. The van der Waals surface area contributed by atoms with Gasteiger partial charge in [0.2, 0.25) is 5.91 Å². The molecule has 1 aliphatic rings. The van der Waals surface area contributed by atoms with Gasteiger partial charge < -0.3 is 10.2 Å². The van der Waals surface area contributed by atoms with Gasteiger partial charge in [-0.1, -0.05) is 30.9 Å². The van der Waals surface area contributed by atoms with Crippen LogP contribution in [0.3, 0.4) is 0 Å². The molecule has 2 N–H and O–H groups in total. The minimum Gasteiger partial charge on any atom is -0.481 e. The molecule has 1 amide bonds. The molecule has 17 heavy (non-hydrogen) atoms. The highest BCUT2D eigenvalue weighted by Crippen LogP contribution is 2.31. The molecule has 6 nitrogen and oxygen atoms in total. The van der Waals surface area contributed by atoms with Crippen LogP contribution in [0.2, 0.25) is 0 Å².